The van der Waals surface area contributed by atoms with Crippen LogP contribution in [0.5, 0.6) is 0 Å². The fourth-order valence-electron chi connectivity index (χ4n) is 2.11. The van der Waals surface area contributed by atoms with Gasteiger partial charge in [-0.05, 0) is 30.3 Å². The molecule has 2 aromatic carbocycles. The molecular weight excluding hydrogens is 410 g/mol. The third-order valence-corrected chi connectivity index (χ3v) is 3.50. The summed E-state index contributed by atoms with van der Waals surface area (Å²) in [6, 6.07) is 1.12. The summed E-state index contributed by atoms with van der Waals surface area (Å²) < 4.78 is 77.8. The van der Waals surface area contributed by atoms with Crippen LogP contribution < -0.4 is 10.6 Å². The quantitative estimate of drug-likeness (QED) is 0.648. The number of carbonyl (C=O) groups is 3. The number of alkyl halides is 3. The van der Waals surface area contributed by atoms with Crippen molar-refractivity contribution in [3.8, 4) is 0 Å². The predicted molar refractivity (Wildman–Crippen MR) is 85.7 cm³/mol. The molecule has 0 unspecified atom stereocenters. The van der Waals surface area contributed by atoms with Crippen LogP contribution in [0.2, 0.25) is 0 Å². The summed E-state index contributed by atoms with van der Waals surface area (Å²) in [6.45, 7) is 0. The van der Waals surface area contributed by atoms with Crippen LogP contribution in [-0.2, 0) is 4.79 Å². The second kappa shape index (κ2) is 8.20. The van der Waals surface area contributed by atoms with Crippen molar-refractivity contribution in [1.29, 1.82) is 0 Å². The maximum atomic E-state index is 13.8. The van der Waals surface area contributed by atoms with Gasteiger partial charge in [0.05, 0.1) is 5.56 Å². The van der Waals surface area contributed by atoms with Crippen LogP contribution in [-0.4, -0.2) is 35.1 Å². The van der Waals surface area contributed by atoms with Crippen LogP contribution >= 0.6 is 0 Å². The number of halogens is 6. The minimum Gasteiger partial charge on any atom is -0.479 e. The highest BCUT2D eigenvalue weighted by atomic mass is 19.4. The number of carbonyl (C=O) groups excluding carboxylic acids is 2. The van der Waals surface area contributed by atoms with Crippen molar-refractivity contribution < 1.29 is 45.8 Å². The Bertz CT molecular complexity index is 977. The number of hydrogen-bond donors (Lipinski definition) is 3. The molecule has 0 radical (unpaired) electrons. The molecule has 154 valence electrons. The maximum Gasteiger partial charge on any atom is 0.419 e. The van der Waals surface area contributed by atoms with Crippen molar-refractivity contribution in [2.75, 3.05) is 5.32 Å². The average Bonchev–Trinajstić information content (AvgIpc) is 2.61. The number of anilines is 1. The summed E-state index contributed by atoms with van der Waals surface area (Å²) in [7, 11) is 0. The van der Waals surface area contributed by atoms with E-state index in [1.165, 1.54) is 0 Å². The van der Waals surface area contributed by atoms with Gasteiger partial charge in [-0.2, -0.15) is 13.2 Å². The van der Waals surface area contributed by atoms with Gasteiger partial charge in [-0.1, -0.05) is 0 Å². The van der Waals surface area contributed by atoms with Crippen molar-refractivity contribution in [2.24, 2.45) is 0 Å². The van der Waals surface area contributed by atoms with Gasteiger partial charge in [-0.3, -0.25) is 9.59 Å². The Hall–Kier alpha value is -3.57. The molecule has 0 bridgehead atoms. The molecule has 29 heavy (non-hydrogen) atoms. The largest absolute Gasteiger partial charge is 0.479 e. The zero-order chi connectivity index (χ0) is 21.9. The van der Waals surface area contributed by atoms with Crippen LogP contribution in [0.25, 0.3) is 0 Å². The first-order valence-electron chi connectivity index (χ1n) is 7.56. The van der Waals surface area contributed by atoms with Gasteiger partial charge in [-0.25, -0.2) is 18.0 Å². The molecule has 0 aromatic heterocycles. The Morgan fingerprint density at radius 3 is 2.03 bits per heavy atom. The van der Waals surface area contributed by atoms with Crippen molar-refractivity contribution in [2.45, 2.75) is 12.2 Å². The zero-order valence-electron chi connectivity index (χ0n) is 14.0. The van der Waals surface area contributed by atoms with E-state index in [2.05, 4.69) is 5.32 Å². The van der Waals surface area contributed by atoms with E-state index in [0.29, 0.717) is 18.2 Å². The number of nitrogens with one attached hydrogen (secondary N) is 2. The molecule has 0 aliphatic carbocycles. The molecule has 3 N–H and O–H groups in total. The lowest BCUT2D eigenvalue weighted by Crippen LogP contribution is -2.50. The fraction of sp³-hybridized carbons (Fsp3) is 0.118. The van der Waals surface area contributed by atoms with Crippen molar-refractivity contribution in [3.05, 3.63) is 65.0 Å². The standard InChI is InChI=1S/C17H10F6N2O4/c18-10-3-1-7(14(26)24-8-2-4-11(19)12(20)6-8)5-9(10)15(27)25-13(16(28)29)17(21,22)23/h1-6,13H,(H,24,26)(H,25,27)(H,28,29)/t13-/m0/s1. The Kier molecular flexibility index (Phi) is 6.15. The summed E-state index contributed by atoms with van der Waals surface area (Å²) >= 11 is 0. The van der Waals surface area contributed by atoms with E-state index in [0.717, 1.165) is 23.5 Å². The lowest BCUT2D eigenvalue weighted by atomic mass is 10.1. The highest BCUT2D eigenvalue weighted by Crippen LogP contribution is 2.22. The molecule has 2 amide bonds. The number of hydrogen-bond acceptors (Lipinski definition) is 3. The van der Waals surface area contributed by atoms with E-state index in [1.54, 1.807) is 0 Å². The summed E-state index contributed by atoms with van der Waals surface area (Å²) in [4.78, 5) is 34.7. The number of aliphatic carboxylic acids is 1. The number of carboxylic acids is 1. The summed E-state index contributed by atoms with van der Waals surface area (Å²) in [6.07, 6.45) is -5.35. The Morgan fingerprint density at radius 2 is 1.48 bits per heavy atom. The Labute approximate surface area is 158 Å². The lowest BCUT2D eigenvalue weighted by Gasteiger charge is -2.17. The summed E-state index contributed by atoms with van der Waals surface area (Å²) in [5, 5.41) is 11.8. The molecule has 0 aliphatic rings. The van der Waals surface area contributed by atoms with Crippen LogP contribution in [0, 0.1) is 17.5 Å². The van der Waals surface area contributed by atoms with Gasteiger partial charge in [0, 0.05) is 17.3 Å². The molecule has 0 fully saturated rings. The molecule has 2 rings (SSSR count). The third-order valence-electron chi connectivity index (χ3n) is 3.50. The molecule has 2 aromatic rings. The van der Waals surface area contributed by atoms with Gasteiger partial charge >= 0.3 is 12.1 Å². The van der Waals surface area contributed by atoms with E-state index in [-0.39, 0.29) is 5.69 Å². The minimum atomic E-state index is -5.35. The van der Waals surface area contributed by atoms with E-state index in [1.807, 2.05) is 0 Å². The predicted octanol–water partition coefficient (Wildman–Crippen LogP) is 3.10. The lowest BCUT2D eigenvalue weighted by molar-refractivity contribution is -0.178. The van der Waals surface area contributed by atoms with Gasteiger partial charge in [0.1, 0.15) is 5.82 Å². The SMILES string of the molecule is O=C(Nc1ccc(F)c(F)c1)c1ccc(F)c(C(=O)N[C@@H](C(=O)O)C(F)(F)F)c1. The van der Waals surface area contributed by atoms with Gasteiger partial charge < -0.3 is 15.7 Å². The van der Waals surface area contributed by atoms with Crippen molar-refractivity contribution >= 4 is 23.5 Å². The van der Waals surface area contributed by atoms with Gasteiger partial charge in [-0.15, -0.1) is 0 Å². The number of benzene rings is 2. The first kappa shape index (κ1) is 21.7. The molecule has 0 saturated heterocycles. The number of amides is 2. The monoisotopic (exact) mass is 420 g/mol. The van der Waals surface area contributed by atoms with Crippen molar-refractivity contribution in [3.63, 3.8) is 0 Å². The number of rotatable bonds is 5. The van der Waals surface area contributed by atoms with Gasteiger partial charge in [0.15, 0.2) is 11.6 Å². The third kappa shape index (κ3) is 5.24. The maximum absolute atomic E-state index is 13.8. The van der Waals surface area contributed by atoms with Crippen LogP contribution in [0.4, 0.5) is 32.0 Å². The zero-order valence-corrected chi connectivity index (χ0v) is 14.0. The van der Waals surface area contributed by atoms with Crippen LogP contribution in [0.3, 0.4) is 0 Å². The minimum absolute atomic E-state index is 0.188. The highest BCUT2D eigenvalue weighted by Gasteiger charge is 2.46. The normalized spacial score (nSPS) is 12.2. The summed E-state index contributed by atoms with van der Waals surface area (Å²) in [5.74, 6) is -8.93. The average molecular weight is 420 g/mol. The Balaban J connectivity index is 2.26. The molecule has 0 spiro atoms. The molecule has 6 nitrogen and oxygen atoms in total. The van der Waals surface area contributed by atoms with E-state index in [9.17, 15) is 40.7 Å². The second-order valence-electron chi connectivity index (χ2n) is 5.56. The van der Waals surface area contributed by atoms with Crippen LogP contribution in [0.1, 0.15) is 20.7 Å². The van der Waals surface area contributed by atoms with E-state index < -0.39 is 58.6 Å². The first-order valence-corrected chi connectivity index (χ1v) is 7.56. The molecular formula is C17H10F6N2O4. The van der Waals surface area contributed by atoms with E-state index in [4.69, 9.17) is 5.11 Å². The molecule has 0 aliphatic heterocycles. The molecule has 1 atom stereocenters. The Morgan fingerprint density at radius 1 is 0.862 bits per heavy atom. The fourth-order valence-corrected chi connectivity index (χ4v) is 2.11. The van der Waals surface area contributed by atoms with Gasteiger partial charge in [0.2, 0.25) is 6.04 Å². The first-order chi connectivity index (χ1) is 13.4. The summed E-state index contributed by atoms with van der Waals surface area (Å²) in [5.41, 5.74) is -1.63. The smallest absolute Gasteiger partial charge is 0.419 e. The number of carboxylic acid groups (broad SMARTS) is 1. The molecule has 0 saturated carbocycles. The molecule has 0 heterocycles. The highest BCUT2D eigenvalue weighted by molar-refractivity contribution is 6.06. The molecule has 12 heteroatoms. The second-order valence-corrected chi connectivity index (χ2v) is 5.56. The topological polar surface area (TPSA) is 95.5 Å². The van der Waals surface area contributed by atoms with Gasteiger partial charge in [0.25, 0.3) is 11.8 Å². The van der Waals surface area contributed by atoms with Crippen LogP contribution in [0.15, 0.2) is 36.4 Å². The van der Waals surface area contributed by atoms with E-state index >= 15 is 0 Å². The van der Waals surface area contributed by atoms with Crippen molar-refractivity contribution in [1.82, 2.24) is 5.32 Å².